The van der Waals surface area contributed by atoms with Crippen LogP contribution in [0.15, 0.2) is 28.8 Å². The van der Waals surface area contributed by atoms with Gasteiger partial charge in [0.1, 0.15) is 11.5 Å². The highest BCUT2D eigenvalue weighted by Crippen LogP contribution is 2.24. The molecule has 0 spiro atoms. The second-order valence-corrected chi connectivity index (χ2v) is 7.51. The van der Waals surface area contributed by atoms with Crippen LogP contribution in [0.25, 0.3) is 0 Å². The van der Waals surface area contributed by atoms with Gasteiger partial charge in [0.2, 0.25) is 11.8 Å². The molecule has 9 heteroatoms. The second kappa shape index (κ2) is 10.2. The number of methoxy groups -OCH3 is 1. The van der Waals surface area contributed by atoms with Crippen molar-refractivity contribution in [3.05, 3.63) is 41.3 Å². The van der Waals surface area contributed by atoms with Crippen LogP contribution >= 0.6 is 0 Å². The first-order valence-corrected chi connectivity index (χ1v) is 10.0. The van der Waals surface area contributed by atoms with Gasteiger partial charge in [-0.1, -0.05) is 11.2 Å². The summed E-state index contributed by atoms with van der Waals surface area (Å²) in [5.74, 6) is 0.936. The van der Waals surface area contributed by atoms with Gasteiger partial charge in [-0.2, -0.15) is 0 Å². The van der Waals surface area contributed by atoms with Crippen LogP contribution in [0.4, 0.5) is 5.69 Å². The van der Waals surface area contributed by atoms with E-state index in [1.54, 1.807) is 13.2 Å². The first-order chi connectivity index (χ1) is 14.4. The van der Waals surface area contributed by atoms with Gasteiger partial charge in [-0.05, 0) is 31.5 Å². The fraction of sp³-hybridized carbons (Fsp3) is 0.476. The third-order valence-corrected chi connectivity index (χ3v) is 4.97. The fourth-order valence-corrected chi connectivity index (χ4v) is 3.38. The summed E-state index contributed by atoms with van der Waals surface area (Å²) in [5, 5.41) is 9.49. The minimum Gasteiger partial charge on any atom is -0.495 e. The molecule has 1 aliphatic heterocycles. The number of hydrogen-bond donors (Lipinski definition) is 2. The van der Waals surface area contributed by atoms with E-state index in [1.165, 1.54) is 0 Å². The molecule has 0 bridgehead atoms. The molecule has 1 aliphatic rings. The van der Waals surface area contributed by atoms with Crippen molar-refractivity contribution in [1.29, 1.82) is 0 Å². The molecule has 1 saturated heterocycles. The summed E-state index contributed by atoms with van der Waals surface area (Å²) >= 11 is 0. The molecule has 2 N–H and O–H groups in total. The number of nitrogens with zero attached hydrogens (tertiary/aromatic N) is 3. The quantitative estimate of drug-likeness (QED) is 0.668. The highest BCUT2D eigenvalue weighted by atomic mass is 16.5. The van der Waals surface area contributed by atoms with Crippen molar-refractivity contribution in [2.24, 2.45) is 0 Å². The van der Waals surface area contributed by atoms with Gasteiger partial charge >= 0.3 is 0 Å². The van der Waals surface area contributed by atoms with Gasteiger partial charge < -0.3 is 19.9 Å². The van der Waals surface area contributed by atoms with Crippen molar-refractivity contribution in [1.82, 2.24) is 20.3 Å². The SMILES string of the molecule is COc1ccc(C)cc1NC(=O)CNC(=O)CN1CCN(Cc2cc(C)on2)CC1. The number of anilines is 1. The third-order valence-electron chi connectivity index (χ3n) is 4.97. The molecule has 30 heavy (non-hydrogen) atoms. The van der Waals surface area contributed by atoms with Gasteiger partial charge in [-0.3, -0.25) is 19.4 Å². The van der Waals surface area contributed by atoms with Gasteiger partial charge in [-0.15, -0.1) is 0 Å². The molecule has 0 aliphatic carbocycles. The maximum atomic E-state index is 12.2. The van der Waals surface area contributed by atoms with Crippen LogP contribution < -0.4 is 15.4 Å². The largest absolute Gasteiger partial charge is 0.495 e. The van der Waals surface area contributed by atoms with E-state index in [0.29, 0.717) is 11.4 Å². The van der Waals surface area contributed by atoms with Crippen LogP contribution in [-0.4, -0.2) is 73.1 Å². The molecule has 2 amide bonds. The number of ether oxygens (including phenoxy) is 1. The number of hydrogen-bond acceptors (Lipinski definition) is 7. The number of rotatable bonds is 8. The first kappa shape index (κ1) is 21.8. The topological polar surface area (TPSA) is 99.9 Å². The van der Waals surface area contributed by atoms with Crippen molar-refractivity contribution < 1.29 is 18.8 Å². The van der Waals surface area contributed by atoms with E-state index in [2.05, 4.69) is 25.6 Å². The average molecular weight is 415 g/mol. The number of carbonyl (C=O) groups is 2. The van der Waals surface area contributed by atoms with Crippen molar-refractivity contribution in [2.75, 3.05) is 51.7 Å². The minimum absolute atomic E-state index is 0.0819. The van der Waals surface area contributed by atoms with Gasteiger partial charge in [0.15, 0.2) is 0 Å². The number of aryl methyl sites for hydroxylation is 2. The van der Waals surface area contributed by atoms with Crippen LogP contribution in [0, 0.1) is 13.8 Å². The fourth-order valence-electron chi connectivity index (χ4n) is 3.38. The van der Waals surface area contributed by atoms with E-state index in [0.717, 1.165) is 49.7 Å². The van der Waals surface area contributed by atoms with Crippen LogP contribution in [0.5, 0.6) is 5.75 Å². The van der Waals surface area contributed by atoms with Crippen LogP contribution in [0.3, 0.4) is 0 Å². The predicted octanol–water partition coefficient (Wildman–Crippen LogP) is 1.17. The summed E-state index contributed by atoms with van der Waals surface area (Å²) in [5.41, 5.74) is 2.53. The molecule has 2 aromatic rings. The minimum atomic E-state index is -0.292. The molecule has 1 fully saturated rings. The molecular weight excluding hydrogens is 386 g/mol. The molecular formula is C21H29N5O4. The molecule has 0 radical (unpaired) electrons. The molecule has 0 unspecified atom stereocenters. The number of benzene rings is 1. The number of nitrogens with one attached hydrogen (secondary N) is 2. The Morgan fingerprint density at radius 3 is 2.50 bits per heavy atom. The zero-order valence-corrected chi connectivity index (χ0v) is 17.7. The number of amides is 2. The van der Waals surface area contributed by atoms with Gasteiger partial charge in [0, 0.05) is 38.8 Å². The first-order valence-electron chi connectivity index (χ1n) is 10.0. The van der Waals surface area contributed by atoms with Crippen molar-refractivity contribution in [3.8, 4) is 5.75 Å². The van der Waals surface area contributed by atoms with Crippen LogP contribution in [-0.2, 0) is 16.1 Å². The van der Waals surface area contributed by atoms with Crippen molar-refractivity contribution >= 4 is 17.5 Å². The molecule has 3 rings (SSSR count). The van der Waals surface area contributed by atoms with E-state index >= 15 is 0 Å². The van der Waals surface area contributed by atoms with Crippen LogP contribution in [0.1, 0.15) is 17.0 Å². The van der Waals surface area contributed by atoms with E-state index in [-0.39, 0.29) is 24.9 Å². The van der Waals surface area contributed by atoms with Crippen LogP contribution in [0.2, 0.25) is 0 Å². The van der Waals surface area contributed by atoms with Crippen molar-refractivity contribution in [2.45, 2.75) is 20.4 Å². The smallest absolute Gasteiger partial charge is 0.243 e. The maximum absolute atomic E-state index is 12.2. The van der Waals surface area contributed by atoms with E-state index in [9.17, 15) is 9.59 Å². The Kier molecular flexibility index (Phi) is 7.42. The Bertz CT molecular complexity index is 874. The summed E-state index contributed by atoms with van der Waals surface area (Å²) in [6, 6.07) is 7.48. The normalized spacial score (nSPS) is 15.0. The third kappa shape index (κ3) is 6.30. The molecule has 9 nitrogen and oxygen atoms in total. The van der Waals surface area contributed by atoms with E-state index in [1.807, 2.05) is 32.0 Å². The van der Waals surface area contributed by atoms with Crippen molar-refractivity contribution in [3.63, 3.8) is 0 Å². The van der Waals surface area contributed by atoms with Gasteiger partial charge in [0.05, 0.1) is 31.6 Å². The monoisotopic (exact) mass is 415 g/mol. The summed E-state index contributed by atoms with van der Waals surface area (Å²) in [6.45, 7) is 8.04. The van der Waals surface area contributed by atoms with E-state index in [4.69, 9.17) is 9.26 Å². The van der Waals surface area contributed by atoms with Gasteiger partial charge in [-0.25, -0.2) is 0 Å². The highest BCUT2D eigenvalue weighted by molar-refractivity contribution is 5.96. The Labute approximate surface area is 176 Å². The average Bonchev–Trinajstić information content (AvgIpc) is 3.13. The number of piperazine rings is 1. The standard InChI is InChI=1S/C21H29N5O4/c1-15-4-5-19(29-3)18(10-15)23-20(27)12-22-21(28)14-26-8-6-25(7-9-26)13-17-11-16(2)30-24-17/h4-5,10-11H,6-9,12-14H2,1-3H3,(H,22,28)(H,23,27). The summed E-state index contributed by atoms with van der Waals surface area (Å²) in [4.78, 5) is 28.8. The molecule has 1 aromatic heterocycles. The van der Waals surface area contributed by atoms with Gasteiger partial charge in [0.25, 0.3) is 0 Å². The summed E-state index contributed by atoms with van der Waals surface area (Å²) in [6.07, 6.45) is 0. The number of carbonyl (C=O) groups excluding carboxylic acids is 2. The Balaban J connectivity index is 1.37. The molecule has 1 aromatic carbocycles. The second-order valence-electron chi connectivity index (χ2n) is 7.51. The molecule has 0 atom stereocenters. The lowest BCUT2D eigenvalue weighted by molar-refractivity contribution is -0.125. The predicted molar refractivity (Wildman–Crippen MR) is 112 cm³/mol. The Morgan fingerprint density at radius 2 is 1.83 bits per heavy atom. The number of aromatic nitrogens is 1. The summed E-state index contributed by atoms with van der Waals surface area (Å²) < 4.78 is 10.4. The zero-order valence-electron chi connectivity index (χ0n) is 17.7. The summed E-state index contributed by atoms with van der Waals surface area (Å²) in [7, 11) is 1.55. The lowest BCUT2D eigenvalue weighted by atomic mass is 10.2. The zero-order chi connectivity index (χ0) is 21.5. The Hall–Kier alpha value is -2.91. The Morgan fingerprint density at radius 1 is 1.10 bits per heavy atom. The molecule has 162 valence electrons. The lowest BCUT2D eigenvalue weighted by Crippen LogP contribution is -2.49. The lowest BCUT2D eigenvalue weighted by Gasteiger charge is -2.33. The highest BCUT2D eigenvalue weighted by Gasteiger charge is 2.20. The maximum Gasteiger partial charge on any atom is 0.243 e. The molecule has 2 heterocycles. The molecule has 0 saturated carbocycles. The van der Waals surface area contributed by atoms with E-state index < -0.39 is 0 Å².